The molecule has 0 aliphatic carbocycles. The van der Waals surface area contributed by atoms with Gasteiger partial charge in [-0.1, -0.05) is 13.3 Å². The van der Waals surface area contributed by atoms with Crippen molar-refractivity contribution in [1.29, 1.82) is 0 Å². The van der Waals surface area contributed by atoms with Gasteiger partial charge in [0.25, 0.3) is 5.91 Å². The predicted molar refractivity (Wildman–Crippen MR) is 81.8 cm³/mol. The predicted octanol–water partition coefficient (Wildman–Crippen LogP) is 3.33. The van der Waals surface area contributed by atoms with E-state index in [0.717, 1.165) is 29.7 Å². The zero-order valence-electron chi connectivity index (χ0n) is 11.1. The van der Waals surface area contributed by atoms with Crippen LogP contribution in [-0.4, -0.2) is 12.0 Å². The van der Waals surface area contributed by atoms with Crippen molar-refractivity contribution >= 4 is 28.5 Å². The lowest BCUT2D eigenvalue weighted by Crippen LogP contribution is -2.33. The molecule has 0 fully saturated rings. The number of unbranched alkanes of at least 4 members (excludes halogenated alkanes) is 1. The third-order valence-electron chi connectivity index (χ3n) is 2.86. The van der Waals surface area contributed by atoms with E-state index in [1.165, 1.54) is 3.57 Å². The molecule has 1 atom stereocenters. The summed E-state index contributed by atoms with van der Waals surface area (Å²) in [6.07, 6.45) is 2.12. The van der Waals surface area contributed by atoms with Crippen molar-refractivity contribution in [3.8, 4) is 5.75 Å². The summed E-state index contributed by atoms with van der Waals surface area (Å²) in [5.41, 5.74) is 7.56. The number of ether oxygens (including phenoxy) is 1. The van der Waals surface area contributed by atoms with Gasteiger partial charge in [-0.3, -0.25) is 4.79 Å². The molecule has 1 amide bonds. The Morgan fingerprint density at radius 1 is 1.39 bits per heavy atom. The lowest BCUT2D eigenvalue weighted by atomic mass is 10.1. The van der Waals surface area contributed by atoms with Crippen LogP contribution >= 0.6 is 22.6 Å². The van der Waals surface area contributed by atoms with Gasteiger partial charge in [0.1, 0.15) is 5.75 Å². The van der Waals surface area contributed by atoms with Gasteiger partial charge in [-0.25, -0.2) is 0 Å². The van der Waals surface area contributed by atoms with E-state index in [-0.39, 0.29) is 5.91 Å². The first-order valence-corrected chi connectivity index (χ1v) is 7.26. The maximum atomic E-state index is 11.4. The largest absolute Gasteiger partial charge is 0.480 e. The normalized spacial score (nSPS) is 12.2. The van der Waals surface area contributed by atoms with Gasteiger partial charge in [-0.15, -0.1) is 0 Å². The SMILES string of the molecule is CCCCC(Oc1cc(C)c(I)cc1C)C(N)=O. The molecule has 100 valence electrons. The molecular weight excluding hydrogens is 341 g/mol. The average Bonchev–Trinajstić information content (AvgIpc) is 2.30. The van der Waals surface area contributed by atoms with Gasteiger partial charge in [0.15, 0.2) is 6.10 Å². The molecular formula is C14H20INO2. The molecule has 18 heavy (non-hydrogen) atoms. The monoisotopic (exact) mass is 361 g/mol. The molecule has 0 bridgehead atoms. The third-order valence-corrected chi connectivity index (χ3v) is 4.02. The van der Waals surface area contributed by atoms with E-state index in [4.69, 9.17) is 10.5 Å². The van der Waals surface area contributed by atoms with E-state index in [0.29, 0.717) is 6.42 Å². The van der Waals surface area contributed by atoms with Crippen LogP contribution in [0.2, 0.25) is 0 Å². The first-order chi connectivity index (χ1) is 8.45. The molecule has 2 N–H and O–H groups in total. The third kappa shape index (κ3) is 4.15. The molecule has 0 saturated heterocycles. The highest BCUT2D eigenvalue weighted by molar-refractivity contribution is 14.1. The first-order valence-electron chi connectivity index (χ1n) is 6.18. The Morgan fingerprint density at radius 2 is 2.06 bits per heavy atom. The number of carbonyl (C=O) groups excluding carboxylic acids is 1. The quantitative estimate of drug-likeness (QED) is 0.791. The van der Waals surface area contributed by atoms with Crippen molar-refractivity contribution in [3.63, 3.8) is 0 Å². The van der Waals surface area contributed by atoms with Crippen molar-refractivity contribution < 1.29 is 9.53 Å². The number of carbonyl (C=O) groups is 1. The summed E-state index contributed by atoms with van der Waals surface area (Å²) in [5.74, 6) is 0.367. The van der Waals surface area contributed by atoms with Gasteiger partial charge >= 0.3 is 0 Å². The number of primary amides is 1. The molecule has 0 aliphatic heterocycles. The number of hydrogen-bond donors (Lipinski definition) is 1. The molecule has 0 spiro atoms. The Bertz CT molecular complexity index is 432. The summed E-state index contributed by atoms with van der Waals surface area (Å²) in [7, 11) is 0. The van der Waals surface area contributed by atoms with Gasteiger partial charge in [0, 0.05) is 3.57 Å². The topological polar surface area (TPSA) is 52.3 Å². The molecule has 3 nitrogen and oxygen atoms in total. The van der Waals surface area contributed by atoms with Crippen LogP contribution in [0.15, 0.2) is 12.1 Å². The summed E-state index contributed by atoms with van der Waals surface area (Å²) in [6.45, 7) is 6.09. The molecule has 4 heteroatoms. The number of rotatable bonds is 6. The van der Waals surface area contributed by atoms with E-state index >= 15 is 0 Å². The number of halogens is 1. The van der Waals surface area contributed by atoms with Crippen molar-refractivity contribution in [2.24, 2.45) is 5.73 Å². The highest BCUT2D eigenvalue weighted by Crippen LogP contribution is 2.25. The molecule has 0 aromatic heterocycles. The maximum Gasteiger partial charge on any atom is 0.258 e. The molecule has 0 aliphatic rings. The maximum absolute atomic E-state index is 11.4. The summed E-state index contributed by atoms with van der Waals surface area (Å²) in [5, 5.41) is 0. The second-order valence-corrected chi connectivity index (χ2v) is 5.68. The Balaban J connectivity index is 2.86. The van der Waals surface area contributed by atoms with Crippen LogP contribution < -0.4 is 10.5 Å². The van der Waals surface area contributed by atoms with Gasteiger partial charge in [-0.2, -0.15) is 0 Å². The fourth-order valence-corrected chi connectivity index (χ4v) is 2.31. The minimum absolute atomic E-state index is 0.390. The smallest absolute Gasteiger partial charge is 0.258 e. The number of amides is 1. The highest BCUT2D eigenvalue weighted by Gasteiger charge is 2.17. The molecule has 1 unspecified atom stereocenters. The second kappa shape index (κ2) is 6.97. The Labute approximate surface area is 122 Å². The van der Waals surface area contributed by atoms with Crippen LogP contribution in [0, 0.1) is 17.4 Å². The molecule has 0 heterocycles. The summed E-state index contributed by atoms with van der Waals surface area (Å²) >= 11 is 2.29. The van der Waals surface area contributed by atoms with Crippen LogP contribution in [0.25, 0.3) is 0 Å². The number of nitrogens with two attached hydrogens (primary N) is 1. The fraction of sp³-hybridized carbons (Fsp3) is 0.500. The van der Waals surface area contributed by atoms with Crippen LogP contribution in [0.3, 0.4) is 0 Å². The zero-order chi connectivity index (χ0) is 13.7. The molecule has 0 radical (unpaired) electrons. The van der Waals surface area contributed by atoms with Crippen LogP contribution in [0.4, 0.5) is 0 Å². The minimum atomic E-state index is -0.525. The first kappa shape index (κ1) is 15.3. The van der Waals surface area contributed by atoms with Gasteiger partial charge < -0.3 is 10.5 Å². The summed E-state index contributed by atoms with van der Waals surface area (Å²) < 4.78 is 6.96. The molecule has 1 rings (SSSR count). The number of hydrogen-bond acceptors (Lipinski definition) is 2. The highest BCUT2D eigenvalue weighted by atomic mass is 127. The van der Waals surface area contributed by atoms with E-state index in [2.05, 4.69) is 35.6 Å². The fourth-order valence-electron chi connectivity index (χ4n) is 1.68. The number of benzene rings is 1. The van der Waals surface area contributed by atoms with Gasteiger partial charge in [0.05, 0.1) is 0 Å². The van der Waals surface area contributed by atoms with Crippen LogP contribution in [-0.2, 0) is 4.79 Å². The van der Waals surface area contributed by atoms with Crippen molar-refractivity contribution in [2.45, 2.75) is 46.1 Å². The Kier molecular flexibility index (Phi) is 5.91. The van der Waals surface area contributed by atoms with Crippen molar-refractivity contribution in [1.82, 2.24) is 0 Å². The van der Waals surface area contributed by atoms with E-state index in [1.54, 1.807) is 0 Å². The van der Waals surface area contributed by atoms with Gasteiger partial charge in [-0.05, 0) is 72.5 Å². The summed E-state index contributed by atoms with van der Waals surface area (Å²) in [6, 6.07) is 4.03. The average molecular weight is 361 g/mol. The van der Waals surface area contributed by atoms with E-state index in [1.807, 2.05) is 19.9 Å². The Hall–Kier alpha value is -0.780. The minimum Gasteiger partial charge on any atom is -0.480 e. The summed E-state index contributed by atoms with van der Waals surface area (Å²) in [4.78, 5) is 11.4. The number of aryl methyl sites for hydroxylation is 2. The lowest BCUT2D eigenvalue weighted by molar-refractivity contribution is -0.125. The van der Waals surface area contributed by atoms with Crippen LogP contribution in [0.1, 0.15) is 37.3 Å². The van der Waals surface area contributed by atoms with E-state index in [9.17, 15) is 4.79 Å². The zero-order valence-corrected chi connectivity index (χ0v) is 13.3. The molecule has 1 aromatic carbocycles. The van der Waals surface area contributed by atoms with Gasteiger partial charge in [0.2, 0.25) is 0 Å². The van der Waals surface area contributed by atoms with Crippen molar-refractivity contribution in [2.75, 3.05) is 0 Å². The molecule has 0 saturated carbocycles. The standard InChI is InChI=1S/C14H20INO2/c1-4-5-6-12(14(16)17)18-13-8-9(2)11(15)7-10(13)3/h7-8,12H,4-6H2,1-3H3,(H2,16,17). The lowest BCUT2D eigenvalue weighted by Gasteiger charge is -2.18. The van der Waals surface area contributed by atoms with Crippen LogP contribution in [0.5, 0.6) is 5.75 Å². The Morgan fingerprint density at radius 3 is 2.61 bits per heavy atom. The van der Waals surface area contributed by atoms with Crippen molar-refractivity contribution in [3.05, 3.63) is 26.8 Å². The van der Waals surface area contributed by atoms with E-state index < -0.39 is 6.10 Å². The molecule has 1 aromatic rings. The second-order valence-electron chi connectivity index (χ2n) is 4.52.